The molecule has 17 heavy (non-hydrogen) atoms. The van der Waals surface area contributed by atoms with Gasteiger partial charge in [-0.2, -0.15) is 0 Å². The molecule has 0 radical (unpaired) electrons. The van der Waals surface area contributed by atoms with Gasteiger partial charge >= 0.3 is 5.97 Å². The van der Waals surface area contributed by atoms with Crippen LogP contribution in [0.15, 0.2) is 12.2 Å². The summed E-state index contributed by atoms with van der Waals surface area (Å²) in [5, 5.41) is 0. The predicted octanol–water partition coefficient (Wildman–Crippen LogP) is 2.75. The van der Waals surface area contributed by atoms with Gasteiger partial charge in [0.2, 0.25) is 0 Å². The Hall–Kier alpha value is -1.12. The maximum atomic E-state index is 12.1. The Morgan fingerprint density at radius 2 is 2.12 bits per heavy atom. The molecular weight excluding hydrogens is 216 g/mol. The summed E-state index contributed by atoms with van der Waals surface area (Å²) in [5.74, 6) is -0.703. The van der Waals surface area contributed by atoms with E-state index in [0.717, 1.165) is 18.4 Å². The average molecular weight is 238 g/mol. The topological polar surface area (TPSA) is 43.4 Å². The van der Waals surface area contributed by atoms with Crippen LogP contribution in [0.25, 0.3) is 0 Å². The van der Waals surface area contributed by atoms with Crippen LogP contribution < -0.4 is 0 Å². The Labute approximate surface area is 103 Å². The Kier molecular flexibility index (Phi) is 4.91. The number of Topliss-reactive ketones (excluding diaryl/α,β-unsaturated/α-hetero) is 1. The molecule has 0 heterocycles. The molecule has 96 valence electrons. The Morgan fingerprint density at radius 3 is 2.65 bits per heavy atom. The van der Waals surface area contributed by atoms with Gasteiger partial charge in [0, 0.05) is 5.92 Å². The lowest BCUT2D eigenvalue weighted by molar-refractivity contribution is -0.152. The summed E-state index contributed by atoms with van der Waals surface area (Å²) < 4.78 is 4.99. The first-order valence-electron chi connectivity index (χ1n) is 6.33. The summed E-state index contributed by atoms with van der Waals surface area (Å²) in [6.45, 7) is 9.90. The SMILES string of the molecule is C=C(C)C1CCC(C)C(=O)C(C(=O)OCC)C1. The largest absolute Gasteiger partial charge is 0.465 e. The standard InChI is InChI=1S/C14H22O3/c1-5-17-14(16)12-8-11(9(2)3)7-6-10(4)13(12)15/h10-12H,2,5-8H2,1,3-4H3. The molecule has 3 nitrogen and oxygen atoms in total. The molecule has 1 rings (SSSR count). The normalized spacial score (nSPS) is 29.6. The van der Waals surface area contributed by atoms with Crippen LogP contribution in [0.3, 0.4) is 0 Å². The van der Waals surface area contributed by atoms with Gasteiger partial charge < -0.3 is 4.74 Å². The van der Waals surface area contributed by atoms with Gasteiger partial charge in [-0.05, 0) is 39.0 Å². The minimum atomic E-state index is -0.589. The fourth-order valence-corrected chi connectivity index (χ4v) is 2.36. The fraction of sp³-hybridized carbons (Fsp3) is 0.714. The number of allylic oxidation sites excluding steroid dienone is 1. The van der Waals surface area contributed by atoms with Crippen molar-refractivity contribution in [3.05, 3.63) is 12.2 Å². The number of carbonyl (C=O) groups is 2. The van der Waals surface area contributed by atoms with E-state index in [1.165, 1.54) is 0 Å². The maximum absolute atomic E-state index is 12.1. The molecule has 0 saturated heterocycles. The van der Waals surface area contributed by atoms with Crippen molar-refractivity contribution < 1.29 is 14.3 Å². The summed E-state index contributed by atoms with van der Waals surface area (Å²) in [7, 11) is 0. The monoisotopic (exact) mass is 238 g/mol. The van der Waals surface area contributed by atoms with Crippen LogP contribution in [-0.4, -0.2) is 18.4 Å². The van der Waals surface area contributed by atoms with Crippen molar-refractivity contribution in [3.8, 4) is 0 Å². The molecule has 3 atom stereocenters. The molecule has 1 aliphatic rings. The van der Waals surface area contributed by atoms with Gasteiger partial charge in [-0.1, -0.05) is 19.1 Å². The van der Waals surface area contributed by atoms with Gasteiger partial charge in [-0.3, -0.25) is 9.59 Å². The lowest BCUT2D eigenvalue weighted by Crippen LogP contribution is -2.29. The summed E-state index contributed by atoms with van der Waals surface area (Å²) >= 11 is 0. The molecule has 0 aliphatic heterocycles. The van der Waals surface area contributed by atoms with Gasteiger partial charge in [-0.15, -0.1) is 0 Å². The zero-order valence-electron chi connectivity index (χ0n) is 11.0. The lowest BCUT2D eigenvalue weighted by atomic mass is 9.88. The molecular formula is C14H22O3. The molecule has 0 aromatic heterocycles. The van der Waals surface area contributed by atoms with Crippen LogP contribution in [0.4, 0.5) is 0 Å². The average Bonchev–Trinajstić information content (AvgIpc) is 2.41. The molecule has 0 amide bonds. The third-order valence-electron chi connectivity index (χ3n) is 3.57. The zero-order valence-corrected chi connectivity index (χ0v) is 11.0. The maximum Gasteiger partial charge on any atom is 0.316 e. The second kappa shape index (κ2) is 5.99. The first-order chi connectivity index (χ1) is 7.97. The van der Waals surface area contributed by atoms with E-state index < -0.39 is 5.92 Å². The van der Waals surface area contributed by atoms with E-state index in [-0.39, 0.29) is 23.6 Å². The molecule has 1 fully saturated rings. The number of ether oxygens (including phenoxy) is 1. The number of ketones is 1. The first-order valence-corrected chi connectivity index (χ1v) is 6.33. The van der Waals surface area contributed by atoms with Crippen LogP contribution in [0.5, 0.6) is 0 Å². The van der Waals surface area contributed by atoms with Crippen molar-refractivity contribution in [3.63, 3.8) is 0 Å². The number of hydrogen-bond acceptors (Lipinski definition) is 3. The van der Waals surface area contributed by atoms with E-state index in [9.17, 15) is 9.59 Å². The third-order valence-corrected chi connectivity index (χ3v) is 3.57. The second-order valence-corrected chi connectivity index (χ2v) is 4.96. The highest BCUT2D eigenvalue weighted by Crippen LogP contribution is 2.32. The van der Waals surface area contributed by atoms with E-state index in [4.69, 9.17) is 4.74 Å². The predicted molar refractivity (Wildman–Crippen MR) is 66.4 cm³/mol. The van der Waals surface area contributed by atoms with Crippen molar-refractivity contribution >= 4 is 11.8 Å². The molecule has 0 aromatic rings. The van der Waals surface area contributed by atoms with Gasteiger partial charge in [0.25, 0.3) is 0 Å². The van der Waals surface area contributed by atoms with Crippen molar-refractivity contribution in [2.75, 3.05) is 6.61 Å². The van der Waals surface area contributed by atoms with Crippen LogP contribution in [-0.2, 0) is 14.3 Å². The van der Waals surface area contributed by atoms with Crippen molar-refractivity contribution in [1.29, 1.82) is 0 Å². The highest BCUT2D eigenvalue weighted by atomic mass is 16.5. The molecule has 3 unspecified atom stereocenters. The van der Waals surface area contributed by atoms with E-state index >= 15 is 0 Å². The number of esters is 1. The molecule has 0 bridgehead atoms. The number of rotatable bonds is 3. The molecule has 1 aliphatic carbocycles. The van der Waals surface area contributed by atoms with Crippen molar-refractivity contribution in [1.82, 2.24) is 0 Å². The molecule has 0 N–H and O–H groups in total. The van der Waals surface area contributed by atoms with Gasteiger partial charge in [-0.25, -0.2) is 0 Å². The highest BCUT2D eigenvalue weighted by molar-refractivity contribution is 6.00. The van der Waals surface area contributed by atoms with Crippen molar-refractivity contribution in [2.45, 2.75) is 40.0 Å². The lowest BCUT2D eigenvalue weighted by Gasteiger charge is -2.18. The van der Waals surface area contributed by atoms with E-state index in [2.05, 4.69) is 6.58 Å². The quantitative estimate of drug-likeness (QED) is 0.328. The summed E-state index contributed by atoms with van der Waals surface area (Å²) in [6.07, 6.45) is 2.35. The van der Waals surface area contributed by atoms with E-state index in [1.807, 2.05) is 13.8 Å². The smallest absolute Gasteiger partial charge is 0.316 e. The van der Waals surface area contributed by atoms with Crippen LogP contribution >= 0.6 is 0 Å². The zero-order chi connectivity index (χ0) is 13.0. The second-order valence-electron chi connectivity index (χ2n) is 4.96. The van der Waals surface area contributed by atoms with Gasteiger partial charge in [0.05, 0.1) is 6.61 Å². The minimum Gasteiger partial charge on any atom is -0.465 e. The highest BCUT2D eigenvalue weighted by Gasteiger charge is 2.36. The van der Waals surface area contributed by atoms with Crippen LogP contribution in [0.2, 0.25) is 0 Å². The summed E-state index contributed by atoms with van der Waals surface area (Å²) in [4.78, 5) is 23.9. The van der Waals surface area contributed by atoms with Gasteiger partial charge in [0.15, 0.2) is 0 Å². The number of carbonyl (C=O) groups excluding carboxylic acids is 2. The minimum absolute atomic E-state index is 0.0344. The van der Waals surface area contributed by atoms with Gasteiger partial charge in [0.1, 0.15) is 11.7 Å². The molecule has 3 heteroatoms. The van der Waals surface area contributed by atoms with E-state index in [1.54, 1.807) is 6.92 Å². The van der Waals surface area contributed by atoms with E-state index in [0.29, 0.717) is 13.0 Å². The number of hydrogen-bond donors (Lipinski definition) is 0. The fourth-order valence-electron chi connectivity index (χ4n) is 2.36. The molecule has 0 spiro atoms. The van der Waals surface area contributed by atoms with Crippen LogP contribution in [0.1, 0.15) is 40.0 Å². The Bertz CT molecular complexity index is 319. The summed E-state index contributed by atoms with van der Waals surface area (Å²) in [6, 6.07) is 0. The van der Waals surface area contributed by atoms with Crippen LogP contribution in [0, 0.1) is 17.8 Å². The Morgan fingerprint density at radius 1 is 1.47 bits per heavy atom. The third kappa shape index (κ3) is 3.42. The molecule has 0 aromatic carbocycles. The Balaban J connectivity index is 2.85. The molecule has 1 saturated carbocycles. The first kappa shape index (κ1) is 13.9. The summed E-state index contributed by atoms with van der Waals surface area (Å²) in [5.41, 5.74) is 1.06. The van der Waals surface area contributed by atoms with Crippen molar-refractivity contribution in [2.24, 2.45) is 17.8 Å².